The molecule has 5 atom stereocenters. The highest BCUT2D eigenvalue weighted by molar-refractivity contribution is 7.89. The summed E-state index contributed by atoms with van der Waals surface area (Å²) in [5.41, 5.74) is 1.64. The molecule has 11 heteroatoms. The number of para-hydroxylation sites is 1. The number of methoxy groups -OCH3 is 2. The Morgan fingerprint density at radius 3 is 2.39 bits per heavy atom. The molecule has 1 saturated carbocycles. The van der Waals surface area contributed by atoms with Crippen LogP contribution in [0.2, 0.25) is 0 Å². The van der Waals surface area contributed by atoms with Gasteiger partial charge in [0.15, 0.2) is 0 Å². The molecule has 49 heavy (non-hydrogen) atoms. The number of benzene rings is 3. The van der Waals surface area contributed by atoms with Gasteiger partial charge < -0.3 is 29.4 Å². The normalized spacial score (nSPS) is 22.2. The van der Waals surface area contributed by atoms with Crippen molar-refractivity contribution in [2.24, 2.45) is 11.3 Å². The van der Waals surface area contributed by atoms with Gasteiger partial charge in [-0.25, -0.2) is 13.2 Å². The summed E-state index contributed by atoms with van der Waals surface area (Å²) in [6, 6.07) is 22.7. The van der Waals surface area contributed by atoms with E-state index >= 15 is 0 Å². The van der Waals surface area contributed by atoms with Gasteiger partial charge in [-0.3, -0.25) is 0 Å². The molecule has 10 nitrogen and oxygen atoms in total. The molecule has 0 unspecified atom stereocenters. The van der Waals surface area contributed by atoms with Crippen LogP contribution in [0.25, 0.3) is 0 Å². The number of aliphatic hydroxyl groups is 1. The molecule has 1 aliphatic carbocycles. The van der Waals surface area contributed by atoms with Gasteiger partial charge in [0.05, 0.1) is 37.4 Å². The van der Waals surface area contributed by atoms with Gasteiger partial charge >= 0.3 is 6.09 Å². The molecule has 2 aliphatic rings. The zero-order chi connectivity index (χ0) is 35.0. The van der Waals surface area contributed by atoms with Crippen LogP contribution in [-0.2, 0) is 25.9 Å². The summed E-state index contributed by atoms with van der Waals surface area (Å²) in [4.78, 5) is 13.8. The first-order valence-electron chi connectivity index (χ1n) is 17.1. The van der Waals surface area contributed by atoms with E-state index in [-0.39, 0.29) is 47.9 Å². The molecule has 1 heterocycles. The van der Waals surface area contributed by atoms with E-state index in [4.69, 9.17) is 18.9 Å². The monoisotopic (exact) mass is 694 g/mol. The van der Waals surface area contributed by atoms with Crippen LogP contribution >= 0.6 is 0 Å². The number of nitrogens with one attached hydrogen (secondary N) is 1. The van der Waals surface area contributed by atoms with E-state index in [2.05, 4.69) is 5.32 Å². The van der Waals surface area contributed by atoms with Crippen LogP contribution < -0.4 is 14.8 Å². The van der Waals surface area contributed by atoms with Crippen LogP contribution in [0.4, 0.5) is 4.79 Å². The van der Waals surface area contributed by atoms with Crippen molar-refractivity contribution in [3.8, 4) is 11.5 Å². The van der Waals surface area contributed by atoms with E-state index in [1.54, 1.807) is 19.2 Å². The van der Waals surface area contributed by atoms with Gasteiger partial charge in [-0.05, 0) is 80.3 Å². The minimum atomic E-state index is -3.97. The fraction of sp³-hybridized carbons (Fsp3) is 0.500. The van der Waals surface area contributed by atoms with E-state index in [1.165, 1.54) is 23.5 Å². The van der Waals surface area contributed by atoms with Crippen LogP contribution in [0.3, 0.4) is 0 Å². The molecule has 1 saturated heterocycles. The van der Waals surface area contributed by atoms with Crippen LogP contribution in [0.1, 0.15) is 63.2 Å². The number of rotatable bonds is 14. The van der Waals surface area contributed by atoms with Crippen LogP contribution in [0.5, 0.6) is 11.5 Å². The highest BCUT2D eigenvalue weighted by Crippen LogP contribution is 2.53. The van der Waals surface area contributed by atoms with Gasteiger partial charge in [-0.2, -0.15) is 4.31 Å². The molecule has 1 spiro atoms. The minimum absolute atomic E-state index is 0.0107. The number of hydrogen-bond acceptors (Lipinski definition) is 8. The van der Waals surface area contributed by atoms with E-state index in [0.717, 1.165) is 42.6 Å². The number of hydrogen-bond donors (Lipinski definition) is 2. The first kappa shape index (κ1) is 36.6. The fourth-order valence-electron chi connectivity index (χ4n) is 7.25. The lowest BCUT2D eigenvalue weighted by atomic mass is 9.73. The zero-order valence-electron chi connectivity index (χ0n) is 28.9. The summed E-state index contributed by atoms with van der Waals surface area (Å²) in [6.45, 7) is 4.37. The summed E-state index contributed by atoms with van der Waals surface area (Å²) < 4.78 is 52.2. The van der Waals surface area contributed by atoms with Crippen molar-refractivity contribution >= 4 is 16.1 Å². The zero-order valence-corrected chi connectivity index (χ0v) is 29.7. The van der Waals surface area contributed by atoms with Crippen molar-refractivity contribution in [3.63, 3.8) is 0 Å². The maximum Gasteiger partial charge on any atom is 0.407 e. The summed E-state index contributed by atoms with van der Waals surface area (Å²) in [5, 5.41) is 14.6. The summed E-state index contributed by atoms with van der Waals surface area (Å²) in [6.07, 6.45) is 2.00. The lowest BCUT2D eigenvalue weighted by molar-refractivity contribution is -0.0919. The number of ether oxygens (including phenoxy) is 4. The number of aliphatic hydroxyl groups excluding tert-OH is 1. The predicted molar refractivity (Wildman–Crippen MR) is 187 cm³/mol. The Morgan fingerprint density at radius 1 is 0.980 bits per heavy atom. The minimum Gasteiger partial charge on any atom is -0.497 e. The maximum absolute atomic E-state index is 13.8. The topological polar surface area (TPSA) is 124 Å². The third-order valence-electron chi connectivity index (χ3n) is 9.79. The van der Waals surface area contributed by atoms with Gasteiger partial charge in [0, 0.05) is 30.7 Å². The van der Waals surface area contributed by atoms with Crippen LogP contribution in [-0.4, -0.2) is 76.1 Å². The quantitative estimate of drug-likeness (QED) is 0.206. The Balaban J connectivity index is 1.33. The molecular formula is C38H50N2O8S. The summed E-state index contributed by atoms with van der Waals surface area (Å²) in [7, 11) is -0.797. The summed E-state index contributed by atoms with van der Waals surface area (Å²) >= 11 is 0. The van der Waals surface area contributed by atoms with Crippen LogP contribution in [0, 0.1) is 11.3 Å². The van der Waals surface area contributed by atoms with E-state index < -0.39 is 28.3 Å². The maximum atomic E-state index is 13.8. The van der Waals surface area contributed by atoms with Crippen molar-refractivity contribution in [2.45, 2.75) is 81.6 Å². The van der Waals surface area contributed by atoms with E-state index in [0.29, 0.717) is 18.8 Å². The number of nitrogens with zero attached hydrogens (tertiary/aromatic N) is 1. The molecule has 0 radical (unpaired) electrons. The van der Waals surface area contributed by atoms with Crippen LogP contribution in [0.15, 0.2) is 83.8 Å². The Morgan fingerprint density at radius 2 is 1.69 bits per heavy atom. The molecule has 266 valence electrons. The molecule has 2 fully saturated rings. The van der Waals surface area contributed by atoms with Gasteiger partial charge in [-0.15, -0.1) is 0 Å². The number of amides is 1. The Kier molecular flexibility index (Phi) is 12.2. The highest BCUT2D eigenvalue weighted by atomic mass is 32.2. The molecule has 3 aromatic carbocycles. The van der Waals surface area contributed by atoms with E-state index in [9.17, 15) is 18.3 Å². The second kappa shape index (κ2) is 16.4. The predicted octanol–water partition coefficient (Wildman–Crippen LogP) is 6.14. The Hall–Kier alpha value is -3.64. The lowest BCUT2D eigenvalue weighted by Crippen LogP contribution is -2.52. The highest BCUT2D eigenvalue weighted by Gasteiger charge is 2.49. The van der Waals surface area contributed by atoms with Gasteiger partial charge in [0.2, 0.25) is 10.0 Å². The largest absolute Gasteiger partial charge is 0.497 e. The van der Waals surface area contributed by atoms with Crippen molar-refractivity contribution in [3.05, 3.63) is 90.0 Å². The lowest BCUT2D eigenvalue weighted by Gasteiger charge is -2.42. The van der Waals surface area contributed by atoms with Crippen molar-refractivity contribution in [1.29, 1.82) is 0 Å². The average Bonchev–Trinajstić information content (AvgIpc) is 3.47. The fourth-order valence-corrected chi connectivity index (χ4v) is 8.88. The SMILES string of the molecule is COc1ccc(S(=O)(=O)N(CC(C)C)C[C@@H](O)[C@H](Cc2ccccc2)NC(=O)O[C@H]2CCC[C@@]23CCO[C@H](c2ccccc2OC)C3)cc1. The molecule has 3 aromatic rings. The first-order valence-corrected chi connectivity index (χ1v) is 18.6. The number of carbonyl (C=O) groups excluding carboxylic acids is 1. The van der Waals surface area contributed by atoms with Gasteiger partial charge in [-0.1, -0.05) is 62.4 Å². The second-order valence-corrected chi connectivity index (χ2v) is 15.5. The third-order valence-corrected chi connectivity index (χ3v) is 11.6. The molecule has 0 bridgehead atoms. The van der Waals surface area contributed by atoms with Crippen molar-refractivity contribution < 1.29 is 37.3 Å². The number of alkyl carbamates (subject to hydrolysis) is 1. The molecule has 2 N–H and O–H groups in total. The molecule has 5 rings (SSSR count). The third kappa shape index (κ3) is 8.94. The first-order chi connectivity index (χ1) is 23.5. The van der Waals surface area contributed by atoms with Gasteiger partial charge in [0.1, 0.15) is 17.6 Å². The molecular weight excluding hydrogens is 644 g/mol. The van der Waals surface area contributed by atoms with Crippen molar-refractivity contribution in [2.75, 3.05) is 33.9 Å². The summed E-state index contributed by atoms with van der Waals surface area (Å²) in [5.74, 6) is 1.31. The smallest absolute Gasteiger partial charge is 0.407 e. The molecule has 0 aromatic heterocycles. The second-order valence-electron chi connectivity index (χ2n) is 13.6. The molecule has 1 aliphatic heterocycles. The standard InChI is InChI=1S/C38H50N2O8S/c1-27(2)25-40(49(43,44)30-18-16-29(45-3)17-19-30)26-33(41)32(23-28-11-6-5-7-12-28)39-37(42)48-36-15-10-20-38(36)21-22-47-35(24-38)31-13-8-9-14-34(31)46-4/h5-9,11-14,16-19,27,32-33,35-36,41H,10,15,20-26H2,1-4H3,(H,39,42)/t32-,33+,35-,36-,38-/m0/s1. The number of carbonyl (C=O) groups is 1. The van der Waals surface area contributed by atoms with Gasteiger partial charge in [0.25, 0.3) is 0 Å². The molecule has 1 amide bonds. The average molecular weight is 695 g/mol. The van der Waals surface area contributed by atoms with Crippen molar-refractivity contribution in [1.82, 2.24) is 9.62 Å². The van der Waals surface area contributed by atoms with E-state index in [1.807, 2.05) is 68.4 Å². The Bertz CT molecular complexity index is 1620. The number of sulfonamides is 1. The Labute approximate surface area is 290 Å².